The van der Waals surface area contributed by atoms with E-state index in [1.807, 2.05) is 42.6 Å². The van der Waals surface area contributed by atoms with Gasteiger partial charge in [-0.2, -0.15) is 0 Å². The van der Waals surface area contributed by atoms with E-state index in [9.17, 15) is 9.59 Å². The number of anilines is 1. The zero-order chi connectivity index (χ0) is 22.5. The number of benzene rings is 1. The average Bonchev–Trinajstić information content (AvgIpc) is 3.30. The molecule has 0 saturated heterocycles. The molecule has 1 amide bonds. The Morgan fingerprint density at radius 3 is 2.88 bits per heavy atom. The van der Waals surface area contributed by atoms with Crippen LogP contribution in [0.15, 0.2) is 48.0 Å². The molecule has 9 heteroatoms. The predicted molar refractivity (Wildman–Crippen MR) is 121 cm³/mol. The first-order valence-electron chi connectivity index (χ1n) is 10.3. The first kappa shape index (κ1) is 21.9. The Hall–Kier alpha value is -3.30. The highest BCUT2D eigenvalue weighted by Gasteiger charge is 2.33. The van der Waals surface area contributed by atoms with Crippen LogP contribution in [-0.4, -0.2) is 54.3 Å². The molecule has 3 heterocycles. The van der Waals surface area contributed by atoms with Crippen molar-refractivity contribution in [1.29, 1.82) is 0 Å². The van der Waals surface area contributed by atoms with E-state index in [-0.39, 0.29) is 19.1 Å². The van der Waals surface area contributed by atoms with Gasteiger partial charge in [0.25, 0.3) is 5.91 Å². The van der Waals surface area contributed by atoms with E-state index in [0.717, 1.165) is 22.0 Å². The number of pyridine rings is 1. The molecule has 0 radical (unpaired) electrons. The monoisotopic (exact) mass is 453 g/mol. The minimum absolute atomic E-state index is 0.142. The van der Waals surface area contributed by atoms with Crippen LogP contribution in [0.1, 0.15) is 13.8 Å². The Morgan fingerprint density at radius 1 is 1.22 bits per heavy atom. The quantitative estimate of drug-likeness (QED) is 0.380. The smallest absolute Gasteiger partial charge is 0.326 e. The van der Waals surface area contributed by atoms with Gasteiger partial charge in [0.2, 0.25) is 0 Å². The van der Waals surface area contributed by atoms with Crippen molar-refractivity contribution in [1.82, 2.24) is 9.97 Å². The Labute approximate surface area is 189 Å². The van der Waals surface area contributed by atoms with Crippen molar-refractivity contribution in [3.05, 3.63) is 48.0 Å². The fourth-order valence-corrected chi connectivity index (χ4v) is 4.08. The fourth-order valence-electron chi connectivity index (χ4n) is 3.28. The van der Waals surface area contributed by atoms with E-state index < -0.39 is 12.1 Å². The molecule has 1 aliphatic heterocycles. The fraction of sp³-hybridized carbons (Fsp3) is 0.304. The maximum absolute atomic E-state index is 12.8. The van der Waals surface area contributed by atoms with Gasteiger partial charge >= 0.3 is 5.97 Å². The summed E-state index contributed by atoms with van der Waals surface area (Å²) in [6, 6.07) is 11.2. The van der Waals surface area contributed by atoms with Gasteiger partial charge in [-0.05, 0) is 44.2 Å². The number of fused-ring (bicyclic) bond motifs is 1. The summed E-state index contributed by atoms with van der Waals surface area (Å²) in [5.74, 6) is -0.276. The Balaban J connectivity index is 1.57. The highest BCUT2D eigenvalue weighted by molar-refractivity contribution is 7.13. The number of thiazole rings is 1. The summed E-state index contributed by atoms with van der Waals surface area (Å²) in [6.45, 7) is 4.33. The van der Waals surface area contributed by atoms with Gasteiger partial charge in [0, 0.05) is 23.7 Å². The second-order valence-corrected chi connectivity index (χ2v) is 7.90. The summed E-state index contributed by atoms with van der Waals surface area (Å²) in [5.41, 5.74) is 2.87. The summed E-state index contributed by atoms with van der Waals surface area (Å²) >= 11 is 1.49. The van der Waals surface area contributed by atoms with E-state index in [4.69, 9.17) is 14.2 Å². The molecule has 1 unspecified atom stereocenters. The third-order valence-corrected chi connectivity index (χ3v) is 5.70. The molecule has 0 bridgehead atoms. The minimum atomic E-state index is -0.695. The molecular weight excluding hydrogens is 430 g/mol. The van der Waals surface area contributed by atoms with Crippen LogP contribution in [0.3, 0.4) is 0 Å². The summed E-state index contributed by atoms with van der Waals surface area (Å²) in [4.78, 5) is 35.5. The number of amides is 1. The Morgan fingerprint density at radius 2 is 2.09 bits per heavy atom. The van der Waals surface area contributed by atoms with E-state index in [2.05, 4.69) is 9.97 Å². The SMILES string of the molecule is CCOCCOC(=O)CN1C(=O)C(C)Oc2ccc(-c3csc(-c4ccccn4)n3)cc21. The Kier molecular flexibility index (Phi) is 6.77. The van der Waals surface area contributed by atoms with Crippen molar-refractivity contribution in [2.75, 3.05) is 31.3 Å². The van der Waals surface area contributed by atoms with Crippen molar-refractivity contribution in [2.24, 2.45) is 0 Å². The molecule has 0 spiro atoms. The summed E-state index contributed by atoms with van der Waals surface area (Å²) in [5, 5.41) is 2.74. The lowest BCUT2D eigenvalue weighted by atomic mass is 10.1. The van der Waals surface area contributed by atoms with Crippen LogP contribution in [0.2, 0.25) is 0 Å². The molecule has 1 atom stereocenters. The number of carbonyl (C=O) groups is 2. The van der Waals surface area contributed by atoms with Gasteiger partial charge in [0.05, 0.1) is 23.7 Å². The molecule has 0 saturated carbocycles. The average molecular weight is 454 g/mol. The van der Waals surface area contributed by atoms with Crippen molar-refractivity contribution in [3.63, 3.8) is 0 Å². The van der Waals surface area contributed by atoms with Gasteiger partial charge in [-0.15, -0.1) is 11.3 Å². The number of nitrogens with zero attached hydrogens (tertiary/aromatic N) is 3. The summed E-state index contributed by atoms with van der Waals surface area (Å²) in [6.07, 6.45) is 1.03. The van der Waals surface area contributed by atoms with Crippen molar-refractivity contribution < 1.29 is 23.8 Å². The van der Waals surface area contributed by atoms with Crippen molar-refractivity contribution in [3.8, 4) is 27.7 Å². The molecule has 1 aromatic carbocycles. The lowest BCUT2D eigenvalue weighted by molar-refractivity contribution is -0.144. The molecular formula is C23H23N3O5S. The van der Waals surface area contributed by atoms with E-state index in [0.29, 0.717) is 24.7 Å². The van der Waals surface area contributed by atoms with Crippen molar-refractivity contribution in [2.45, 2.75) is 20.0 Å². The predicted octanol–water partition coefficient (Wildman–Crippen LogP) is 3.57. The van der Waals surface area contributed by atoms with Crippen LogP contribution in [0.25, 0.3) is 22.0 Å². The maximum atomic E-state index is 12.8. The number of aromatic nitrogens is 2. The molecule has 0 aliphatic carbocycles. The van der Waals surface area contributed by atoms with E-state index in [1.54, 1.807) is 19.2 Å². The number of esters is 1. The maximum Gasteiger partial charge on any atom is 0.326 e. The number of hydrogen-bond donors (Lipinski definition) is 0. The standard InChI is InChI=1S/C23H23N3O5S/c1-3-29-10-11-30-21(27)13-26-19-12-16(7-8-20(19)31-15(2)23(26)28)18-14-32-22(25-18)17-6-4-5-9-24-17/h4-9,12,14-15H,3,10-11,13H2,1-2H3. The van der Waals surface area contributed by atoms with Crippen LogP contribution >= 0.6 is 11.3 Å². The highest BCUT2D eigenvalue weighted by atomic mass is 32.1. The normalized spacial score (nSPS) is 15.2. The molecule has 3 aromatic rings. The lowest BCUT2D eigenvalue weighted by Crippen LogP contribution is -2.47. The van der Waals surface area contributed by atoms with Gasteiger partial charge < -0.3 is 14.2 Å². The number of hydrogen-bond acceptors (Lipinski definition) is 8. The third kappa shape index (κ3) is 4.79. The molecule has 1 aliphatic rings. The van der Waals surface area contributed by atoms with Crippen LogP contribution in [0.4, 0.5) is 5.69 Å². The number of carbonyl (C=O) groups excluding carboxylic acids is 2. The Bertz CT molecular complexity index is 1100. The minimum Gasteiger partial charge on any atom is -0.479 e. The van der Waals surface area contributed by atoms with Crippen LogP contribution in [-0.2, 0) is 19.1 Å². The molecule has 0 N–H and O–H groups in total. The molecule has 2 aromatic heterocycles. The van der Waals surface area contributed by atoms with E-state index >= 15 is 0 Å². The lowest BCUT2D eigenvalue weighted by Gasteiger charge is -2.32. The molecule has 32 heavy (non-hydrogen) atoms. The molecule has 4 rings (SSSR count). The third-order valence-electron chi connectivity index (χ3n) is 4.83. The highest BCUT2D eigenvalue weighted by Crippen LogP contribution is 2.38. The topological polar surface area (TPSA) is 90.9 Å². The van der Waals surface area contributed by atoms with Crippen molar-refractivity contribution >= 4 is 28.9 Å². The van der Waals surface area contributed by atoms with Gasteiger partial charge in [-0.25, -0.2) is 4.98 Å². The van der Waals surface area contributed by atoms with Gasteiger partial charge in [-0.1, -0.05) is 6.07 Å². The van der Waals surface area contributed by atoms with Gasteiger partial charge in [0.15, 0.2) is 6.10 Å². The van der Waals surface area contributed by atoms with Crippen LogP contribution in [0.5, 0.6) is 5.75 Å². The zero-order valence-electron chi connectivity index (χ0n) is 17.8. The van der Waals surface area contributed by atoms with E-state index in [1.165, 1.54) is 16.2 Å². The van der Waals surface area contributed by atoms with Crippen LogP contribution in [0, 0.1) is 0 Å². The zero-order valence-corrected chi connectivity index (χ0v) is 18.6. The molecule has 166 valence electrons. The first-order valence-corrected chi connectivity index (χ1v) is 11.2. The molecule has 0 fully saturated rings. The van der Waals surface area contributed by atoms with Gasteiger partial charge in [-0.3, -0.25) is 19.5 Å². The number of rotatable bonds is 8. The summed E-state index contributed by atoms with van der Waals surface area (Å²) < 4.78 is 16.1. The number of ether oxygens (including phenoxy) is 3. The van der Waals surface area contributed by atoms with Gasteiger partial charge in [0.1, 0.15) is 23.9 Å². The second-order valence-electron chi connectivity index (χ2n) is 7.04. The second kappa shape index (κ2) is 9.88. The van der Waals surface area contributed by atoms with Crippen LogP contribution < -0.4 is 9.64 Å². The first-order chi connectivity index (χ1) is 15.6. The molecule has 8 nitrogen and oxygen atoms in total. The largest absolute Gasteiger partial charge is 0.479 e. The summed E-state index contributed by atoms with van der Waals surface area (Å²) in [7, 11) is 0.